The van der Waals surface area contributed by atoms with E-state index in [0.717, 1.165) is 12.0 Å². The number of allylic oxidation sites excluding steroid dienone is 2. The highest BCUT2D eigenvalue weighted by molar-refractivity contribution is 6.43. The Labute approximate surface area is 276 Å². The van der Waals surface area contributed by atoms with Gasteiger partial charge in [0.1, 0.15) is 18.8 Å². The number of fused-ring (bicyclic) bond motifs is 2. The third-order valence-electron chi connectivity index (χ3n) is 8.53. The van der Waals surface area contributed by atoms with Crippen LogP contribution in [0.1, 0.15) is 48.0 Å². The number of hydrogen-bond donors (Lipinski definition) is 0. The highest BCUT2D eigenvalue weighted by atomic mass is 16.6. The van der Waals surface area contributed by atoms with Crippen molar-refractivity contribution in [2.75, 3.05) is 41.0 Å². The number of esters is 1. The third-order valence-corrected chi connectivity index (χ3v) is 8.53. The van der Waals surface area contributed by atoms with E-state index in [1.165, 1.54) is 38.4 Å². The Hall–Kier alpha value is -4.64. The molecule has 2 amide bonds. The minimum absolute atomic E-state index is 0.0577. The van der Waals surface area contributed by atoms with Gasteiger partial charge in [-0.1, -0.05) is 42.5 Å². The number of Topliss-reactive ketones (excluding diaryl/α,β-unsaturated/α-hetero) is 1. The predicted octanol–water partition coefficient (Wildman–Crippen LogP) is 4.38. The molecule has 2 aromatic rings. The van der Waals surface area contributed by atoms with E-state index in [-0.39, 0.29) is 61.3 Å². The van der Waals surface area contributed by atoms with E-state index >= 15 is 0 Å². The fourth-order valence-corrected chi connectivity index (χ4v) is 6.15. The minimum Gasteiger partial charge on any atom is -0.493 e. The minimum atomic E-state index is -0.803. The van der Waals surface area contributed by atoms with E-state index in [1.54, 1.807) is 17.1 Å². The van der Waals surface area contributed by atoms with Crippen LogP contribution in [-0.4, -0.2) is 92.6 Å². The quantitative estimate of drug-likeness (QED) is 0.107. The lowest BCUT2D eigenvalue weighted by molar-refractivity contribution is -0.162. The first-order valence-electron chi connectivity index (χ1n) is 15.8. The van der Waals surface area contributed by atoms with Crippen LogP contribution < -0.4 is 14.2 Å². The Bertz CT molecular complexity index is 1410. The largest absolute Gasteiger partial charge is 0.493 e. The molecule has 2 saturated heterocycles. The van der Waals surface area contributed by atoms with Gasteiger partial charge in [0.15, 0.2) is 11.5 Å². The molecule has 11 heteroatoms. The molecule has 2 aromatic carbocycles. The number of ether oxygens (including phenoxy) is 5. The molecule has 2 fully saturated rings. The molecule has 252 valence electrons. The number of rotatable bonds is 17. The second-order valence-corrected chi connectivity index (χ2v) is 11.6. The highest BCUT2D eigenvalue weighted by Gasteiger charge is 2.47. The summed E-state index contributed by atoms with van der Waals surface area (Å²) in [6.45, 7) is 8.04. The maximum atomic E-state index is 13.9. The molecule has 2 aliphatic rings. The molecular weight excluding hydrogens is 604 g/mol. The fraction of sp³-hybridized carbons (Fsp3) is 0.444. The van der Waals surface area contributed by atoms with Crippen LogP contribution in [0.2, 0.25) is 0 Å². The normalized spacial score (nSPS) is 17.9. The Morgan fingerprint density at radius 2 is 1.62 bits per heavy atom. The molecule has 2 heterocycles. The number of hydrogen-bond acceptors (Lipinski definition) is 9. The summed E-state index contributed by atoms with van der Waals surface area (Å²) in [5.74, 6) is -1.82. The second-order valence-electron chi connectivity index (χ2n) is 11.6. The molecule has 0 aromatic heterocycles. The van der Waals surface area contributed by atoms with E-state index in [4.69, 9.17) is 23.7 Å². The van der Waals surface area contributed by atoms with Gasteiger partial charge in [0, 0.05) is 12.1 Å². The Balaban J connectivity index is 1.51. The van der Waals surface area contributed by atoms with E-state index in [0.29, 0.717) is 31.4 Å². The summed E-state index contributed by atoms with van der Waals surface area (Å²) >= 11 is 0. The van der Waals surface area contributed by atoms with Gasteiger partial charge in [-0.3, -0.25) is 19.2 Å². The molecule has 2 unspecified atom stereocenters. The first-order valence-corrected chi connectivity index (χ1v) is 15.8. The van der Waals surface area contributed by atoms with Crippen LogP contribution >= 0.6 is 0 Å². The molecule has 0 radical (unpaired) electrons. The van der Waals surface area contributed by atoms with E-state index in [1.807, 2.05) is 30.3 Å². The number of piperidine rings is 1. The lowest BCUT2D eigenvalue weighted by Gasteiger charge is -2.49. The highest BCUT2D eigenvalue weighted by Crippen LogP contribution is 2.39. The molecule has 47 heavy (non-hydrogen) atoms. The Morgan fingerprint density at radius 1 is 0.957 bits per heavy atom. The van der Waals surface area contributed by atoms with Crippen molar-refractivity contribution < 1.29 is 42.9 Å². The van der Waals surface area contributed by atoms with Gasteiger partial charge in [0.25, 0.3) is 11.7 Å². The maximum absolute atomic E-state index is 13.9. The monoisotopic (exact) mass is 648 g/mol. The zero-order valence-electron chi connectivity index (χ0n) is 27.4. The van der Waals surface area contributed by atoms with Crippen molar-refractivity contribution in [1.29, 1.82) is 0 Å². The number of methoxy groups -OCH3 is 3. The first-order chi connectivity index (χ1) is 22.8. The topological polar surface area (TPSA) is 121 Å². The van der Waals surface area contributed by atoms with Crippen molar-refractivity contribution in [2.24, 2.45) is 5.92 Å². The number of carbonyl (C=O) groups is 4. The Morgan fingerprint density at radius 3 is 2.21 bits per heavy atom. The lowest BCUT2D eigenvalue weighted by atomic mass is 9.89. The van der Waals surface area contributed by atoms with Crippen LogP contribution in [0.15, 0.2) is 67.8 Å². The predicted molar refractivity (Wildman–Crippen MR) is 174 cm³/mol. The van der Waals surface area contributed by atoms with Crippen LogP contribution in [0.25, 0.3) is 0 Å². The van der Waals surface area contributed by atoms with Gasteiger partial charge in [0.05, 0.1) is 46.4 Å². The third kappa shape index (κ3) is 8.40. The molecular formula is C36H44N2O9. The average molecular weight is 649 g/mol. The standard InChI is InChI=1S/C36H44N2O9/c1-6-12-25(13-7-2)36(42)47-23-28(46-22-24-14-9-8-10-15-24)21-37-20-27-16-11-17-29(34(37)40)38(27)35(41)32(39)26-18-30(43-3)33(45-5)31(19-26)44-4/h6-10,14-15,18-19,25,27-29H,1-2,11-13,16-17,20-23H2,3-5H3/t27?,28-,29?/m0/s1. The van der Waals surface area contributed by atoms with E-state index < -0.39 is 29.8 Å². The SMILES string of the molecule is C=CCC(CC=C)C(=O)OC[C@H](CN1CC2CCCC(C1=O)N2C(=O)C(=O)c1cc(OC)c(OC)c(OC)c1)OCc1ccccc1. The molecule has 2 bridgehead atoms. The molecule has 0 saturated carbocycles. The van der Waals surface area contributed by atoms with Crippen molar-refractivity contribution in [1.82, 2.24) is 9.80 Å². The summed E-state index contributed by atoms with van der Waals surface area (Å²) < 4.78 is 28.0. The summed E-state index contributed by atoms with van der Waals surface area (Å²) in [4.78, 5) is 57.2. The molecule has 0 spiro atoms. The van der Waals surface area contributed by atoms with Crippen molar-refractivity contribution >= 4 is 23.6 Å². The summed E-state index contributed by atoms with van der Waals surface area (Å²) in [5.41, 5.74) is 1.00. The maximum Gasteiger partial charge on any atom is 0.309 e. The number of likely N-dealkylation sites (tertiary alicyclic amines) is 1. The number of piperazine rings is 1. The summed E-state index contributed by atoms with van der Waals surface area (Å²) in [6.07, 6.45) is 5.42. The van der Waals surface area contributed by atoms with Crippen LogP contribution in [0.3, 0.4) is 0 Å². The zero-order valence-corrected chi connectivity index (χ0v) is 27.4. The van der Waals surface area contributed by atoms with Gasteiger partial charge < -0.3 is 33.5 Å². The molecule has 0 N–H and O–H groups in total. The van der Waals surface area contributed by atoms with Crippen LogP contribution in [-0.2, 0) is 30.5 Å². The van der Waals surface area contributed by atoms with E-state index in [2.05, 4.69) is 13.2 Å². The van der Waals surface area contributed by atoms with Gasteiger partial charge in [-0.25, -0.2) is 0 Å². The van der Waals surface area contributed by atoms with Gasteiger partial charge in [-0.15, -0.1) is 13.2 Å². The fourth-order valence-electron chi connectivity index (χ4n) is 6.15. The van der Waals surface area contributed by atoms with Crippen molar-refractivity contribution in [3.63, 3.8) is 0 Å². The van der Waals surface area contributed by atoms with Gasteiger partial charge >= 0.3 is 5.97 Å². The van der Waals surface area contributed by atoms with Crippen molar-refractivity contribution in [3.8, 4) is 17.2 Å². The zero-order chi connectivity index (χ0) is 33.9. The molecule has 11 nitrogen and oxygen atoms in total. The van der Waals surface area contributed by atoms with Crippen molar-refractivity contribution in [2.45, 2.75) is 56.9 Å². The second kappa shape index (κ2) is 16.8. The molecule has 4 rings (SSSR count). The smallest absolute Gasteiger partial charge is 0.309 e. The molecule has 2 aliphatic heterocycles. The average Bonchev–Trinajstić information content (AvgIpc) is 3.10. The van der Waals surface area contributed by atoms with Gasteiger partial charge in [0.2, 0.25) is 11.7 Å². The first kappa shape index (κ1) is 35.2. The number of amides is 2. The van der Waals surface area contributed by atoms with Crippen LogP contribution in [0.5, 0.6) is 17.2 Å². The summed E-state index contributed by atoms with van der Waals surface area (Å²) in [7, 11) is 4.30. The van der Waals surface area contributed by atoms with Crippen LogP contribution in [0.4, 0.5) is 0 Å². The lowest BCUT2D eigenvalue weighted by Crippen LogP contribution is -2.67. The van der Waals surface area contributed by atoms with Crippen molar-refractivity contribution in [3.05, 3.63) is 78.9 Å². The summed E-state index contributed by atoms with van der Waals surface area (Å²) in [6, 6.07) is 11.3. The van der Waals surface area contributed by atoms with Crippen LogP contribution in [0, 0.1) is 5.92 Å². The van der Waals surface area contributed by atoms with Gasteiger partial charge in [-0.05, 0) is 49.8 Å². The molecule has 0 aliphatic carbocycles. The number of benzene rings is 2. The summed E-state index contributed by atoms with van der Waals surface area (Å²) in [5, 5.41) is 0. The number of carbonyl (C=O) groups excluding carboxylic acids is 4. The molecule has 3 atom stereocenters. The number of ketones is 1. The number of nitrogens with zero attached hydrogens (tertiary/aromatic N) is 2. The Kier molecular flexibility index (Phi) is 12.6. The van der Waals surface area contributed by atoms with E-state index in [9.17, 15) is 19.2 Å². The van der Waals surface area contributed by atoms with Gasteiger partial charge in [-0.2, -0.15) is 0 Å².